The minimum atomic E-state index is 0.206. The molecule has 19 heavy (non-hydrogen) atoms. The zero-order valence-corrected chi connectivity index (χ0v) is 12.2. The van der Waals surface area contributed by atoms with Gasteiger partial charge in [-0.25, -0.2) is 0 Å². The molecule has 1 aromatic rings. The molecule has 0 aliphatic heterocycles. The van der Waals surface area contributed by atoms with Crippen molar-refractivity contribution in [1.82, 2.24) is 10.2 Å². The Morgan fingerprint density at radius 1 is 1.32 bits per heavy atom. The number of rotatable bonds is 9. The summed E-state index contributed by atoms with van der Waals surface area (Å²) in [5.41, 5.74) is 0.976. The fraction of sp³-hybridized carbons (Fsp3) is 0.600. The number of methoxy groups -OCH3 is 1. The van der Waals surface area contributed by atoms with E-state index < -0.39 is 0 Å². The van der Waals surface area contributed by atoms with Crippen LogP contribution in [-0.2, 0) is 4.74 Å². The molecular formula is C15H26N2O2. The highest BCUT2D eigenvalue weighted by atomic mass is 16.5. The van der Waals surface area contributed by atoms with Crippen molar-refractivity contribution in [2.24, 2.45) is 0 Å². The minimum absolute atomic E-state index is 0.206. The Hall–Kier alpha value is -1.10. The molecule has 1 aromatic carbocycles. The molecule has 0 spiro atoms. The number of aromatic hydroxyl groups is 1. The first-order valence-electron chi connectivity index (χ1n) is 6.87. The molecular weight excluding hydrogens is 240 g/mol. The Morgan fingerprint density at radius 2 is 2.05 bits per heavy atom. The summed E-state index contributed by atoms with van der Waals surface area (Å²) in [6, 6.07) is 7.74. The molecule has 1 unspecified atom stereocenters. The molecule has 0 heterocycles. The highest BCUT2D eigenvalue weighted by Crippen LogP contribution is 2.25. The van der Waals surface area contributed by atoms with E-state index in [0.717, 1.165) is 38.2 Å². The molecule has 0 aromatic heterocycles. The average molecular weight is 266 g/mol. The monoisotopic (exact) mass is 266 g/mol. The number of phenolic OH excluding ortho intramolecular Hbond substituents is 1. The van der Waals surface area contributed by atoms with Crippen LogP contribution in [0.3, 0.4) is 0 Å². The van der Waals surface area contributed by atoms with E-state index in [-0.39, 0.29) is 6.04 Å². The molecule has 108 valence electrons. The van der Waals surface area contributed by atoms with E-state index in [4.69, 9.17) is 4.74 Å². The van der Waals surface area contributed by atoms with E-state index >= 15 is 0 Å². The Morgan fingerprint density at radius 3 is 2.68 bits per heavy atom. The van der Waals surface area contributed by atoms with Crippen molar-refractivity contribution < 1.29 is 9.84 Å². The van der Waals surface area contributed by atoms with E-state index in [1.165, 1.54) is 0 Å². The van der Waals surface area contributed by atoms with Gasteiger partial charge in [0.05, 0.1) is 6.61 Å². The summed E-state index contributed by atoms with van der Waals surface area (Å²) >= 11 is 0. The summed E-state index contributed by atoms with van der Waals surface area (Å²) in [7, 11) is 3.80. The number of nitrogens with zero attached hydrogens (tertiary/aromatic N) is 1. The first-order chi connectivity index (χ1) is 9.19. The summed E-state index contributed by atoms with van der Waals surface area (Å²) in [4.78, 5) is 2.23. The molecule has 0 bridgehead atoms. The number of ether oxygens (including phenoxy) is 1. The van der Waals surface area contributed by atoms with Gasteiger partial charge in [-0.05, 0) is 19.5 Å². The van der Waals surface area contributed by atoms with Crippen LogP contribution in [0.1, 0.15) is 24.9 Å². The van der Waals surface area contributed by atoms with Crippen LogP contribution < -0.4 is 5.32 Å². The first kappa shape index (κ1) is 16.0. The van der Waals surface area contributed by atoms with Crippen LogP contribution in [0.15, 0.2) is 24.3 Å². The molecule has 0 amide bonds. The van der Waals surface area contributed by atoms with Crippen molar-refractivity contribution in [1.29, 1.82) is 0 Å². The number of para-hydroxylation sites is 1. The summed E-state index contributed by atoms with van der Waals surface area (Å²) in [6.07, 6.45) is 0.958. The van der Waals surface area contributed by atoms with Crippen LogP contribution in [0.2, 0.25) is 0 Å². The molecule has 0 fully saturated rings. The van der Waals surface area contributed by atoms with Crippen LogP contribution in [0.5, 0.6) is 5.75 Å². The maximum Gasteiger partial charge on any atom is 0.120 e. The van der Waals surface area contributed by atoms with Crippen LogP contribution in [0, 0.1) is 0 Å². The first-order valence-corrected chi connectivity index (χ1v) is 6.87. The number of hydrogen-bond acceptors (Lipinski definition) is 4. The topological polar surface area (TPSA) is 44.7 Å². The lowest BCUT2D eigenvalue weighted by Gasteiger charge is -2.21. The Bertz CT molecular complexity index is 358. The molecule has 0 aliphatic carbocycles. The van der Waals surface area contributed by atoms with Gasteiger partial charge in [0.2, 0.25) is 0 Å². The van der Waals surface area contributed by atoms with E-state index in [9.17, 15) is 5.11 Å². The predicted molar refractivity (Wildman–Crippen MR) is 78.5 cm³/mol. The van der Waals surface area contributed by atoms with Gasteiger partial charge >= 0.3 is 0 Å². The Balaban J connectivity index is 2.39. The van der Waals surface area contributed by atoms with E-state index in [2.05, 4.69) is 24.2 Å². The van der Waals surface area contributed by atoms with Gasteiger partial charge in [0.1, 0.15) is 5.75 Å². The number of nitrogens with one attached hydrogen (secondary N) is 1. The van der Waals surface area contributed by atoms with Crippen molar-refractivity contribution in [3.05, 3.63) is 29.8 Å². The number of phenols is 1. The third kappa shape index (κ3) is 5.59. The lowest BCUT2D eigenvalue weighted by molar-refractivity contribution is 0.161. The third-order valence-electron chi connectivity index (χ3n) is 3.28. The van der Waals surface area contributed by atoms with Gasteiger partial charge in [-0.2, -0.15) is 0 Å². The van der Waals surface area contributed by atoms with Crippen LogP contribution in [-0.4, -0.2) is 50.4 Å². The molecule has 4 nitrogen and oxygen atoms in total. The van der Waals surface area contributed by atoms with E-state index in [1.54, 1.807) is 13.2 Å². The molecule has 1 atom stereocenters. The lowest BCUT2D eigenvalue weighted by Crippen LogP contribution is -2.33. The van der Waals surface area contributed by atoms with Gasteiger partial charge < -0.3 is 20.1 Å². The number of benzene rings is 1. The standard InChI is InChI=1S/C15H26N2O2/c1-4-14(13-7-5-6-8-15(13)18)16-9-10-17(2)11-12-19-3/h5-8,14,16,18H,4,9-12H2,1-3H3. The minimum Gasteiger partial charge on any atom is -0.508 e. The second-order valence-corrected chi connectivity index (χ2v) is 4.77. The van der Waals surface area contributed by atoms with Crippen molar-refractivity contribution in [3.8, 4) is 5.75 Å². The Labute approximate surface area is 116 Å². The summed E-state index contributed by atoms with van der Waals surface area (Å²) in [5, 5.41) is 13.4. The smallest absolute Gasteiger partial charge is 0.120 e. The molecule has 0 aliphatic rings. The maximum absolute atomic E-state index is 9.87. The van der Waals surface area contributed by atoms with E-state index in [0.29, 0.717) is 5.75 Å². The number of likely N-dealkylation sites (N-methyl/N-ethyl adjacent to an activating group) is 1. The second-order valence-electron chi connectivity index (χ2n) is 4.77. The lowest BCUT2D eigenvalue weighted by atomic mass is 10.0. The molecule has 0 saturated heterocycles. The van der Waals surface area contributed by atoms with Gasteiger partial charge in [-0.15, -0.1) is 0 Å². The van der Waals surface area contributed by atoms with Gasteiger partial charge in [0.25, 0.3) is 0 Å². The quantitative estimate of drug-likeness (QED) is 0.717. The second kappa shape index (κ2) is 8.91. The van der Waals surface area contributed by atoms with Gasteiger partial charge in [-0.3, -0.25) is 0 Å². The molecule has 1 rings (SSSR count). The fourth-order valence-corrected chi connectivity index (χ4v) is 2.04. The fourth-order valence-electron chi connectivity index (χ4n) is 2.04. The number of hydrogen-bond donors (Lipinski definition) is 2. The van der Waals surface area contributed by atoms with Crippen LogP contribution in [0.25, 0.3) is 0 Å². The van der Waals surface area contributed by atoms with Crippen molar-refractivity contribution in [3.63, 3.8) is 0 Å². The molecule has 2 N–H and O–H groups in total. The van der Waals surface area contributed by atoms with E-state index in [1.807, 2.05) is 18.2 Å². The highest BCUT2D eigenvalue weighted by molar-refractivity contribution is 5.34. The largest absolute Gasteiger partial charge is 0.508 e. The Kier molecular flexibility index (Phi) is 7.48. The zero-order valence-electron chi connectivity index (χ0n) is 12.2. The molecule has 0 radical (unpaired) electrons. The van der Waals surface area contributed by atoms with Crippen molar-refractivity contribution in [2.45, 2.75) is 19.4 Å². The van der Waals surface area contributed by atoms with Crippen LogP contribution in [0.4, 0.5) is 0 Å². The predicted octanol–water partition coefficient (Wildman–Crippen LogP) is 2.01. The summed E-state index contributed by atoms with van der Waals surface area (Å²) < 4.78 is 5.05. The van der Waals surface area contributed by atoms with Gasteiger partial charge in [-0.1, -0.05) is 25.1 Å². The normalized spacial score (nSPS) is 12.8. The average Bonchev–Trinajstić information content (AvgIpc) is 2.42. The molecule has 0 saturated carbocycles. The molecule has 4 heteroatoms. The summed E-state index contributed by atoms with van der Waals surface area (Å²) in [5.74, 6) is 0.370. The van der Waals surface area contributed by atoms with Crippen molar-refractivity contribution >= 4 is 0 Å². The summed E-state index contributed by atoms with van der Waals surface area (Å²) in [6.45, 7) is 5.68. The zero-order chi connectivity index (χ0) is 14.1. The van der Waals surface area contributed by atoms with Gasteiger partial charge in [0, 0.05) is 38.3 Å². The third-order valence-corrected chi connectivity index (χ3v) is 3.28. The van der Waals surface area contributed by atoms with Crippen molar-refractivity contribution in [2.75, 3.05) is 40.4 Å². The maximum atomic E-state index is 9.87. The SMILES string of the molecule is CCC(NCCN(C)CCOC)c1ccccc1O. The van der Waals surface area contributed by atoms with Gasteiger partial charge in [0.15, 0.2) is 0 Å². The van der Waals surface area contributed by atoms with Crippen LogP contribution >= 0.6 is 0 Å². The highest BCUT2D eigenvalue weighted by Gasteiger charge is 2.12.